The van der Waals surface area contributed by atoms with E-state index in [1.54, 1.807) is 84.9 Å². The minimum Gasteiger partial charge on any atom is -0.494 e. The van der Waals surface area contributed by atoms with Gasteiger partial charge in [-0.1, -0.05) is 60.7 Å². The quantitative estimate of drug-likeness (QED) is 0.122. The highest BCUT2D eigenvalue weighted by Crippen LogP contribution is 2.39. The molecule has 14 nitrogen and oxygen atoms in total. The number of methoxy groups -OCH3 is 3. The first kappa shape index (κ1) is 35.1. The highest BCUT2D eigenvalue weighted by atomic mass is 16.5. The molecule has 0 spiro atoms. The number of ether oxygens (including phenoxy) is 5. The van der Waals surface area contributed by atoms with Crippen molar-refractivity contribution in [3.8, 4) is 46.6 Å². The van der Waals surface area contributed by atoms with Crippen molar-refractivity contribution in [2.45, 2.75) is 6.17 Å². The molecule has 0 bridgehead atoms. The number of fused-ring (bicyclic) bond motifs is 2. The summed E-state index contributed by atoms with van der Waals surface area (Å²) in [5.74, 6) is -1.55. The minimum absolute atomic E-state index is 0.0324. The third kappa shape index (κ3) is 7.01. The predicted octanol–water partition coefficient (Wildman–Crippen LogP) is 5.79. The zero-order valence-corrected chi connectivity index (χ0v) is 28.4. The fourth-order valence-electron chi connectivity index (χ4n) is 5.58. The third-order valence-electron chi connectivity index (χ3n) is 7.87. The number of rotatable bonds is 11. The number of nitrogens with zero attached hydrogens (tertiary/aromatic N) is 4. The van der Waals surface area contributed by atoms with Crippen molar-refractivity contribution in [1.29, 1.82) is 10.5 Å². The van der Waals surface area contributed by atoms with Crippen molar-refractivity contribution in [1.82, 2.24) is 20.6 Å². The maximum Gasteiger partial charge on any atom is 0.349 e. The number of hydrogen-bond donors (Lipinski definition) is 2. The van der Waals surface area contributed by atoms with Gasteiger partial charge in [0.1, 0.15) is 35.1 Å². The fraction of sp³-hybridized carbons (Fsp3) is 0.103. The zero-order valence-electron chi connectivity index (χ0n) is 28.4. The number of para-hydroxylation sites is 2. The lowest BCUT2D eigenvalue weighted by molar-refractivity contribution is -0.143. The predicted molar refractivity (Wildman–Crippen MR) is 190 cm³/mol. The Morgan fingerprint density at radius 3 is 1.38 bits per heavy atom. The topological polar surface area (TPSA) is 195 Å². The molecule has 14 heteroatoms. The van der Waals surface area contributed by atoms with Crippen molar-refractivity contribution in [2.24, 2.45) is 0 Å². The van der Waals surface area contributed by atoms with Crippen LogP contribution in [-0.4, -0.2) is 55.2 Å². The molecule has 0 radical (unpaired) electrons. The first-order valence-corrected chi connectivity index (χ1v) is 15.8. The van der Waals surface area contributed by atoms with Crippen molar-refractivity contribution in [3.05, 3.63) is 120 Å². The third-order valence-corrected chi connectivity index (χ3v) is 7.87. The summed E-state index contributed by atoms with van der Waals surface area (Å²) in [5, 5.41) is 26.2. The number of hydrogen-bond acceptors (Lipinski definition) is 12. The molecule has 0 fully saturated rings. The van der Waals surface area contributed by atoms with E-state index in [1.807, 2.05) is 24.3 Å². The summed E-state index contributed by atoms with van der Waals surface area (Å²) in [7, 11) is 3.68. The molecule has 2 heterocycles. The summed E-state index contributed by atoms with van der Waals surface area (Å²) in [6, 6.07) is 31.6. The number of aromatic nitrogens is 2. The highest BCUT2D eigenvalue weighted by molar-refractivity contribution is 6.08. The Morgan fingerprint density at radius 2 is 1.02 bits per heavy atom. The van der Waals surface area contributed by atoms with Crippen LogP contribution >= 0.6 is 0 Å². The van der Waals surface area contributed by atoms with Crippen LogP contribution < -0.4 is 29.6 Å². The van der Waals surface area contributed by atoms with Crippen LogP contribution in [0.1, 0.15) is 32.4 Å². The van der Waals surface area contributed by atoms with E-state index in [9.17, 15) is 24.9 Å². The number of nitriles is 2. The molecule has 0 saturated heterocycles. The van der Waals surface area contributed by atoms with Gasteiger partial charge in [-0.25, -0.2) is 14.8 Å². The monoisotopic (exact) mass is 708 g/mol. The van der Waals surface area contributed by atoms with E-state index in [-0.39, 0.29) is 56.5 Å². The lowest BCUT2D eigenvalue weighted by Crippen LogP contribution is -2.53. The van der Waals surface area contributed by atoms with E-state index in [1.165, 1.54) is 14.2 Å². The second kappa shape index (κ2) is 15.5. The summed E-state index contributed by atoms with van der Waals surface area (Å²) >= 11 is 0. The molecular weight excluding hydrogens is 680 g/mol. The van der Waals surface area contributed by atoms with Gasteiger partial charge in [0.15, 0.2) is 34.3 Å². The smallest absolute Gasteiger partial charge is 0.349 e. The molecule has 6 aromatic rings. The van der Waals surface area contributed by atoms with Gasteiger partial charge in [-0.15, -0.1) is 0 Å². The molecule has 0 atom stereocenters. The van der Waals surface area contributed by atoms with E-state index in [4.69, 9.17) is 23.7 Å². The van der Waals surface area contributed by atoms with Crippen LogP contribution in [0.4, 0.5) is 0 Å². The number of carbonyl (C=O) groups is 3. The highest BCUT2D eigenvalue weighted by Gasteiger charge is 2.31. The van der Waals surface area contributed by atoms with E-state index < -0.39 is 23.9 Å². The summed E-state index contributed by atoms with van der Waals surface area (Å²) in [4.78, 5) is 49.1. The zero-order chi connectivity index (χ0) is 37.5. The Morgan fingerprint density at radius 1 is 0.604 bits per heavy atom. The summed E-state index contributed by atoms with van der Waals surface area (Å²) in [6.07, 6.45) is -1.80. The van der Waals surface area contributed by atoms with Crippen LogP contribution in [-0.2, 0) is 9.53 Å². The van der Waals surface area contributed by atoms with E-state index in [0.29, 0.717) is 22.3 Å². The van der Waals surface area contributed by atoms with Crippen LogP contribution in [0.3, 0.4) is 0 Å². The van der Waals surface area contributed by atoms with Gasteiger partial charge in [0.05, 0.1) is 32.1 Å². The molecule has 2 amide bonds. The van der Waals surface area contributed by atoms with Gasteiger partial charge in [0.2, 0.25) is 6.17 Å². The van der Waals surface area contributed by atoms with Gasteiger partial charge in [-0.05, 0) is 36.4 Å². The molecule has 2 aromatic heterocycles. The minimum atomic E-state index is -1.80. The summed E-state index contributed by atoms with van der Waals surface area (Å²) in [6.45, 7) is 0. The number of benzene rings is 4. The van der Waals surface area contributed by atoms with Gasteiger partial charge in [0.25, 0.3) is 11.8 Å². The number of amides is 2. The molecule has 262 valence electrons. The lowest BCUT2D eigenvalue weighted by atomic mass is 10.1. The van der Waals surface area contributed by atoms with Crippen molar-refractivity contribution in [3.63, 3.8) is 0 Å². The second-order valence-electron chi connectivity index (χ2n) is 11.0. The molecule has 0 unspecified atom stereocenters. The molecule has 2 N–H and O–H groups in total. The SMILES string of the molecule is COC(=O)C(NC(=O)c1nc(C#N)c2c(Oc3ccccc3)cccc2c1OC)NC(=O)c1nc(C#N)c2c(Oc3ccccc3)cccc2c1OC. The Kier molecular flexibility index (Phi) is 10.2. The van der Waals surface area contributed by atoms with Gasteiger partial charge in [0, 0.05) is 10.8 Å². The molecule has 0 aliphatic heterocycles. The van der Waals surface area contributed by atoms with Crippen molar-refractivity contribution >= 4 is 39.3 Å². The largest absolute Gasteiger partial charge is 0.494 e. The first-order valence-electron chi connectivity index (χ1n) is 15.8. The Hall–Kier alpha value is -7.71. The summed E-state index contributed by atoms with van der Waals surface area (Å²) in [5.41, 5.74) is -1.06. The molecule has 0 saturated carbocycles. The number of carbonyl (C=O) groups excluding carboxylic acids is 3. The van der Waals surface area contributed by atoms with Crippen LogP contribution in [0, 0.1) is 22.7 Å². The maximum atomic E-state index is 13.8. The first-order chi connectivity index (χ1) is 25.8. The van der Waals surface area contributed by atoms with Crippen LogP contribution in [0.2, 0.25) is 0 Å². The number of esters is 1. The van der Waals surface area contributed by atoms with Crippen LogP contribution in [0.5, 0.6) is 34.5 Å². The standard InChI is InChI=1S/C39H28N6O8/c1-49-34-24-16-10-18-28(52-22-12-6-4-7-13-22)30(24)26(20-40)42-32(34)37(46)44-36(39(48)51-3)45-38(47)33-35(50-2)25-17-11-19-29(31(25)27(21-41)43-33)53-23-14-8-5-9-15-23/h4-19,36H,1-3H3,(H,44,46)(H,45,47). The Balaban J connectivity index is 1.35. The average Bonchev–Trinajstić information content (AvgIpc) is 3.19. The normalized spacial score (nSPS) is 10.5. The number of nitrogens with one attached hydrogen (secondary N) is 2. The van der Waals surface area contributed by atoms with Gasteiger partial charge in [-0.3, -0.25) is 9.59 Å². The van der Waals surface area contributed by atoms with Crippen LogP contribution in [0.25, 0.3) is 21.5 Å². The second-order valence-corrected chi connectivity index (χ2v) is 11.0. The maximum absolute atomic E-state index is 13.8. The molecular formula is C39H28N6O8. The number of pyridine rings is 2. The van der Waals surface area contributed by atoms with Gasteiger partial charge in [-0.2, -0.15) is 10.5 Å². The van der Waals surface area contributed by atoms with Gasteiger partial charge < -0.3 is 34.3 Å². The Labute approximate surface area is 302 Å². The molecule has 6 rings (SSSR count). The Bertz CT molecular complexity index is 2300. The lowest BCUT2D eigenvalue weighted by Gasteiger charge is -2.20. The van der Waals surface area contributed by atoms with E-state index in [2.05, 4.69) is 20.6 Å². The van der Waals surface area contributed by atoms with E-state index >= 15 is 0 Å². The van der Waals surface area contributed by atoms with E-state index in [0.717, 1.165) is 7.11 Å². The fourth-order valence-corrected chi connectivity index (χ4v) is 5.58. The molecule has 4 aromatic carbocycles. The van der Waals surface area contributed by atoms with Gasteiger partial charge >= 0.3 is 5.97 Å². The molecule has 53 heavy (non-hydrogen) atoms. The van der Waals surface area contributed by atoms with Crippen molar-refractivity contribution < 1.29 is 38.1 Å². The molecule has 0 aliphatic rings. The summed E-state index contributed by atoms with van der Waals surface area (Å²) < 4.78 is 28.1. The van der Waals surface area contributed by atoms with Crippen molar-refractivity contribution in [2.75, 3.05) is 21.3 Å². The van der Waals surface area contributed by atoms with Crippen LogP contribution in [0.15, 0.2) is 97.1 Å². The average molecular weight is 709 g/mol. The molecule has 0 aliphatic carbocycles.